The molecular formula is C15H17Cl2N3O2. The number of amides is 2. The third-order valence-electron chi connectivity index (χ3n) is 3.47. The summed E-state index contributed by atoms with van der Waals surface area (Å²) in [5.41, 5.74) is 4.79. The summed E-state index contributed by atoms with van der Waals surface area (Å²) in [4.78, 5) is 23.2. The van der Waals surface area contributed by atoms with Crippen molar-refractivity contribution >= 4 is 46.4 Å². The van der Waals surface area contributed by atoms with E-state index in [1.165, 1.54) is 0 Å². The fourth-order valence-electron chi connectivity index (χ4n) is 2.11. The number of anilines is 1. The van der Waals surface area contributed by atoms with Crippen LogP contribution in [-0.4, -0.2) is 21.9 Å². The third kappa shape index (κ3) is 3.78. The first-order chi connectivity index (χ1) is 10.3. The van der Waals surface area contributed by atoms with Crippen LogP contribution < -0.4 is 10.7 Å². The lowest BCUT2D eigenvalue weighted by atomic mass is 9.94. The van der Waals surface area contributed by atoms with Crippen molar-refractivity contribution in [3.63, 3.8) is 0 Å². The van der Waals surface area contributed by atoms with Crippen LogP contribution in [0.15, 0.2) is 29.4 Å². The Kier molecular flexibility index (Phi) is 5.08. The number of carbonyl (C=O) groups excluding carboxylic acids is 2. The van der Waals surface area contributed by atoms with Gasteiger partial charge in [0.2, 0.25) is 5.91 Å². The van der Waals surface area contributed by atoms with E-state index in [2.05, 4.69) is 15.8 Å². The van der Waals surface area contributed by atoms with Crippen molar-refractivity contribution in [2.75, 3.05) is 5.32 Å². The summed E-state index contributed by atoms with van der Waals surface area (Å²) in [7, 11) is 0. The Balaban J connectivity index is 2.11. The van der Waals surface area contributed by atoms with E-state index in [0.29, 0.717) is 18.5 Å². The molecule has 0 saturated heterocycles. The fourth-order valence-corrected chi connectivity index (χ4v) is 2.20. The van der Waals surface area contributed by atoms with Crippen molar-refractivity contribution in [2.45, 2.75) is 31.0 Å². The summed E-state index contributed by atoms with van der Waals surface area (Å²) in [5.74, 6) is -0.491. The van der Waals surface area contributed by atoms with Gasteiger partial charge < -0.3 is 5.32 Å². The summed E-state index contributed by atoms with van der Waals surface area (Å²) in [6.45, 7) is 3.68. The van der Waals surface area contributed by atoms with E-state index in [0.717, 1.165) is 11.3 Å². The molecule has 0 spiro atoms. The molecule has 1 aromatic rings. The van der Waals surface area contributed by atoms with Gasteiger partial charge in [-0.25, -0.2) is 5.43 Å². The van der Waals surface area contributed by atoms with Crippen LogP contribution in [-0.2, 0) is 9.59 Å². The second-order valence-corrected chi connectivity index (χ2v) is 6.71. The van der Waals surface area contributed by atoms with Crippen LogP contribution in [0.4, 0.5) is 5.69 Å². The van der Waals surface area contributed by atoms with Gasteiger partial charge in [-0.15, -0.1) is 0 Å². The summed E-state index contributed by atoms with van der Waals surface area (Å²) in [6.07, 6.45) is 0.725. The van der Waals surface area contributed by atoms with Gasteiger partial charge in [0.25, 0.3) is 5.91 Å². The molecule has 2 N–H and O–H groups in total. The van der Waals surface area contributed by atoms with Crippen LogP contribution in [0.2, 0.25) is 0 Å². The normalized spacial score (nSPS) is 18.5. The van der Waals surface area contributed by atoms with Crippen molar-refractivity contribution in [1.82, 2.24) is 5.43 Å². The molecule has 1 aliphatic rings. The highest BCUT2D eigenvalue weighted by molar-refractivity contribution is 6.59. The van der Waals surface area contributed by atoms with Gasteiger partial charge in [-0.1, -0.05) is 49.2 Å². The van der Waals surface area contributed by atoms with E-state index >= 15 is 0 Å². The van der Waals surface area contributed by atoms with Crippen LogP contribution in [0.3, 0.4) is 0 Å². The molecular weight excluding hydrogens is 325 g/mol. The molecule has 5 nitrogen and oxygen atoms in total. The molecule has 1 atom stereocenters. The molecule has 0 aliphatic carbocycles. The number of nitrogens with zero attached hydrogens (tertiary/aromatic N) is 1. The molecule has 1 aliphatic heterocycles. The van der Waals surface area contributed by atoms with Gasteiger partial charge in [-0.2, -0.15) is 5.10 Å². The average molecular weight is 342 g/mol. The van der Waals surface area contributed by atoms with E-state index in [1.54, 1.807) is 19.1 Å². The molecule has 22 heavy (non-hydrogen) atoms. The molecule has 0 aromatic heterocycles. The van der Waals surface area contributed by atoms with Gasteiger partial charge in [0.1, 0.15) is 0 Å². The minimum atomic E-state index is -1.44. The molecule has 0 radical (unpaired) electrons. The predicted molar refractivity (Wildman–Crippen MR) is 88.3 cm³/mol. The second kappa shape index (κ2) is 6.67. The number of hydrogen-bond acceptors (Lipinski definition) is 3. The van der Waals surface area contributed by atoms with Crippen molar-refractivity contribution in [3.05, 3.63) is 29.8 Å². The van der Waals surface area contributed by atoms with E-state index in [-0.39, 0.29) is 11.8 Å². The number of alkyl halides is 2. The molecule has 0 fully saturated rings. The molecule has 1 aromatic carbocycles. The van der Waals surface area contributed by atoms with E-state index in [4.69, 9.17) is 23.2 Å². The Morgan fingerprint density at radius 2 is 2.05 bits per heavy atom. The quantitative estimate of drug-likeness (QED) is 0.826. The van der Waals surface area contributed by atoms with Crippen LogP contribution >= 0.6 is 23.2 Å². The standard InChI is InChI=1S/C15H17Cl2N3O2/c1-3-15(16,17)14(22)18-11-6-4-10(5-7-11)13-9(2)8-12(21)19-20-13/h4-7,9H,3,8H2,1-2H3,(H,18,22)(H,19,21). The van der Waals surface area contributed by atoms with E-state index in [1.807, 2.05) is 19.1 Å². The third-order valence-corrected chi connectivity index (χ3v) is 4.35. The molecule has 2 amide bonds. The fraction of sp³-hybridized carbons (Fsp3) is 0.400. The highest BCUT2D eigenvalue weighted by atomic mass is 35.5. The van der Waals surface area contributed by atoms with Crippen molar-refractivity contribution < 1.29 is 9.59 Å². The zero-order valence-electron chi connectivity index (χ0n) is 12.3. The van der Waals surface area contributed by atoms with Gasteiger partial charge in [0, 0.05) is 18.0 Å². The first-order valence-electron chi connectivity index (χ1n) is 6.99. The maximum atomic E-state index is 11.9. The summed E-state index contributed by atoms with van der Waals surface area (Å²) in [5, 5.41) is 6.76. The highest BCUT2D eigenvalue weighted by Gasteiger charge is 2.31. The number of hydrogen-bond donors (Lipinski definition) is 2. The summed E-state index contributed by atoms with van der Waals surface area (Å²) >= 11 is 11.8. The van der Waals surface area contributed by atoms with Crippen LogP contribution in [0.1, 0.15) is 32.3 Å². The SMILES string of the molecule is CCC(Cl)(Cl)C(=O)Nc1ccc(C2=NNC(=O)CC2C)cc1. The number of carbonyl (C=O) groups is 2. The largest absolute Gasteiger partial charge is 0.323 e. The minimum Gasteiger partial charge on any atom is -0.323 e. The van der Waals surface area contributed by atoms with Gasteiger partial charge in [0.05, 0.1) is 5.71 Å². The number of rotatable bonds is 4. The molecule has 2 rings (SSSR count). The lowest BCUT2D eigenvalue weighted by molar-refractivity contribution is -0.122. The average Bonchev–Trinajstić information content (AvgIpc) is 2.48. The van der Waals surface area contributed by atoms with Crippen LogP contribution in [0.25, 0.3) is 0 Å². The Morgan fingerprint density at radius 3 is 2.59 bits per heavy atom. The van der Waals surface area contributed by atoms with Gasteiger partial charge in [-0.3, -0.25) is 9.59 Å². The number of nitrogens with one attached hydrogen (secondary N) is 2. The topological polar surface area (TPSA) is 70.6 Å². The lowest BCUT2D eigenvalue weighted by Gasteiger charge is -2.20. The maximum Gasteiger partial charge on any atom is 0.260 e. The summed E-state index contributed by atoms with van der Waals surface area (Å²) < 4.78 is -1.44. The summed E-state index contributed by atoms with van der Waals surface area (Å²) in [6, 6.07) is 7.16. The van der Waals surface area contributed by atoms with Crippen molar-refractivity contribution in [3.8, 4) is 0 Å². The monoisotopic (exact) mass is 341 g/mol. The van der Waals surface area contributed by atoms with E-state index in [9.17, 15) is 9.59 Å². The van der Waals surface area contributed by atoms with E-state index < -0.39 is 10.2 Å². The maximum absolute atomic E-state index is 11.9. The number of benzene rings is 1. The molecule has 1 unspecified atom stereocenters. The Hall–Kier alpha value is -1.59. The molecule has 7 heteroatoms. The molecule has 0 bridgehead atoms. The van der Waals surface area contributed by atoms with Crippen LogP contribution in [0, 0.1) is 5.92 Å². The minimum absolute atomic E-state index is 0.0487. The first kappa shape index (κ1) is 16.8. The molecule has 0 saturated carbocycles. The number of hydrazone groups is 1. The van der Waals surface area contributed by atoms with Crippen LogP contribution in [0.5, 0.6) is 0 Å². The first-order valence-corrected chi connectivity index (χ1v) is 7.75. The molecule has 1 heterocycles. The second-order valence-electron chi connectivity index (χ2n) is 5.23. The van der Waals surface area contributed by atoms with Gasteiger partial charge in [0.15, 0.2) is 4.33 Å². The van der Waals surface area contributed by atoms with Gasteiger partial charge >= 0.3 is 0 Å². The zero-order valence-corrected chi connectivity index (χ0v) is 13.8. The Morgan fingerprint density at radius 1 is 1.41 bits per heavy atom. The lowest BCUT2D eigenvalue weighted by Crippen LogP contribution is -2.32. The highest BCUT2D eigenvalue weighted by Crippen LogP contribution is 2.27. The Labute approximate surface area is 139 Å². The smallest absolute Gasteiger partial charge is 0.260 e. The van der Waals surface area contributed by atoms with Gasteiger partial charge in [-0.05, 0) is 24.1 Å². The molecule has 118 valence electrons. The van der Waals surface area contributed by atoms with Crippen molar-refractivity contribution in [1.29, 1.82) is 0 Å². The number of halogens is 2. The predicted octanol–water partition coefficient (Wildman–Crippen LogP) is 3.07. The Bertz CT molecular complexity index is 612. The zero-order chi connectivity index (χ0) is 16.3. The van der Waals surface area contributed by atoms with Crippen molar-refractivity contribution in [2.24, 2.45) is 11.0 Å².